The highest BCUT2D eigenvalue weighted by atomic mass is 15.3. The Morgan fingerprint density at radius 2 is 0.947 bits per heavy atom. The van der Waals surface area contributed by atoms with Crippen molar-refractivity contribution in [2.24, 2.45) is 0 Å². The first-order valence-electron chi connectivity index (χ1n) is 28.3. The summed E-state index contributed by atoms with van der Waals surface area (Å²) in [6.07, 6.45) is 4.61. The van der Waals surface area contributed by atoms with Crippen LogP contribution in [0.3, 0.4) is 0 Å². The van der Waals surface area contributed by atoms with Gasteiger partial charge in [0.1, 0.15) is 0 Å². The van der Waals surface area contributed by atoms with Crippen LogP contribution in [0, 0.1) is 6.92 Å². The van der Waals surface area contributed by atoms with Crippen molar-refractivity contribution in [3.05, 3.63) is 209 Å². The molecule has 2 unspecified atom stereocenters. The van der Waals surface area contributed by atoms with Crippen LogP contribution in [0.2, 0.25) is 0 Å². The minimum absolute atomic E-state index is 0.00659. The van der Waals surface area contributed by atoms with Crippen molar-refractivity contribution in [1.82, 2.24) is 0 Å². The third-order valence-corrected chi connectivity index (χ3v) is 18.2. The maximum absolute atomic E-state index is 2.81. The first kappa shape index (κ1) is 50.1. The van der Waals surface area contributed by atoms with E-state index in [4.69, 9.17) is 0 Å². The molecule has 384 valence electrons. The Bertz CT molecular complexity index is 3560. The molecule has 8 aromatic rings. The normalized spacial score (nSPS) is 19.0. The minimum atomic E-state index is -0.228. The smallest absolute Gasteiger partial charge is 0.252 e. The molecule has 0 bridgehead atoms. The van der Waals surface area contributed by atoms with Crippen molar-refractivity contribution in [2.45, 2.75) is 155 Å². The van der Waals surface area contributed by atoms with E-state index in [1.54, 1.807) is 0 Å². The van der Waals surface area contributed by atoms with E-state index in [9.17, 15) is 0 Å². The van der Waals surface area contributed by atoms with Crippen LogP contribution < -0.4 is 31.1 Å². The molecule has 0 saturated heterocycles. The molecule has 0 N–H and O–H groups in total. The second-order valence-electron chi connectivity index (χ2n) is 27.3. The summed E-state index contributed by atoms with van der Waals surface area (Å²) in [4.78, 5) is 8.03. The first-order chi connectivity index (χ1) is 36.0. The van der Waals surface area contributed by atoms with Crippen LogP contribution in [-0.4, -0.2) is 12.3 Å². The molecule has 3 nitrogen and oxygen atoms in total. The van der Waals surface area contributed by atoms with Crippen molar-refractivity contribution < 1.29 is 0 Å². The standard InChI is InChI=1S/C72H78BN3/c1-47-42-64-66-65(43-47)75(60-38-32-52(69(8,9)10)44-56(60)48-22-16-15-17-23-48)62-25-19-18-24-58(62)73(66)59-37-36-55(46-63(59)74(64)54-34-30-50(31-35-54)68(5,6)7)76-61-39-33-53(70(11,12)13)45-57(61)72(41-21-20-40-71(72,76)14)51-28-26-49(27-29-51)67(2,3)4/h15-19,22-39,42-46H,20-21,40-41H2,1-14H3. The van der Waals surface area contributed by atoms with Gasteiger partial charge in [0.05, 0.1) is 11.2 Å². The van der Waals surface area contributed by atoms with E-state index in [0.717, 1.165) is 12.8 Å². The fraction of sp³-hybridized carbons (Fsp3) is 0.333. The molecule has 0 amide bonds. The maximum atomic E-state index is 2.81. The highest BCUT2D eigenvalue weighted by molar-refractivity contribution is 7.00. The lowest BCUT2D eigenvalue weighted by molar-refractivity contribution is 0.215. The number of para-hydroxylation sites is 1. The molecule has 3 aliphatic heterocycles. The van der Waals surface area contributed by atoms with E-state index in [0.29, 0.717) is 0 Å². The van der Waals surface area contributed by atoms with E-state index in [1.807, 2.05) is 0 Å². The average Bonchev–Trinajstić information content (AvgIpc) is 3.64. The Hall–Kier alpha value is -6.78. The predicted octanol–water partition coefficient (Wildman–Crippen LogP) is 17.7. The number of hydrogen-bond acceptors (Lipinski definition) is 3. The molecule has 3 heterocycles. The van der Waals surface area contributed by atoms with E-state index in [1.165, 1.54) is 125 Å². The summed E-state index contributed by atoms with van der Waals surface area (Å²) >= 11 is 0. The lowest BCUT2D eigenvalue weighted by Crippen LogP contribution is -2.61. The molecule has 1 fully saturated rings. The summed E-state index contributed by atoms with van der Waals surface area (Å²) in [5.41, 5.74) is 25.7. The second kappa shape index (κ2) is 17.4. The summed E-state index contributed by atoms with van der Waals surface area (Å²) < 4.78 is 0. The van der Waals surface area contributed by atoms with Crippen LogP contribution in [0.25, 0.3) is 11.1 Å². The van der Waals surface area contributed by atoms with E-state index in [2.05, 4.69) is 281 Å². The summed E-state index contributed by atoms with van der Waals surface area (Å²) in [6.45, 7) is 33.0. The van der Waals surface area contributed by atoms with Gasteiger partial charge in [-0.25, -0.2) is 0 Å². The fourth-order valence-electron chi connectivity index (χ4n) is 14.1. The van der Waals surface area contributed by atoms with Gasteiger partial charge >= 0.3 is 0 Å². The number of anilines is 8. The molecular formula is C72H78BN3. The minimum Gasteiger partial charge on any atom is -0.334 e. The average molecular weight is 996 g/mol. The van der Waals surface area contributed by atoms with Gasteiger partial charge in [0.2, 0.25) is 0 Å². The van der Waals surface area contributed by atoms with Gasteiger partial charge in [-0.2, -0.15) is 0 Å². The van der Waals surface area contributed by atoms with Crippen LogP contribution in [0.15, 0.2) is 170 Å². The van der Waals surface area contributed by atoms with E-state index >= 15 is 0 Å². The number of hydrogen-bond donors (Lipinski definition) is 0. The first-order valence-corrected chi connectivity index (χ1v) is 28.3. The van der Waals surface area contributed by atoms with E-state index < -0.39 is 0 Å². The summed E-state index contributed by atoms with van der Waals surface area (Å²) in [5.74, 6) is 0. The van der Waals surface area contributed by atoms with Crippen LogP contribution in [0.5, 0.6) is 0 Å². The predicted molar refractivity (Wildman–Crippen MR) is 328 cm³/mol. The number of aryl methyl sites for hydroxylation is 1. The molecule has 0 aromatic heterocycles. The third kappa shape index (κ3) is 7.74. The van der Waals surface area contributed by atoms with E-state index in [-0.39, 0.29) is 39.3 Å². The SMILES string of the molecule is Cc1cc2c3c(c1)N(c1ccc(C(C)(C)C)cc1-c1ccccc1)c1ccccc1B3c1ccc(N3c4ccc(C(C)(C)C)cc4C4(c5ccc(C(C)(C)C)cc5)CCCCC34C)cc1N2c1ccc(C(C)(C)C)cc1. The van der Waals surface area contributed by atoms with Crippen LogP contribution >= 0.6 is 0 Å². The van der Waals surface area contributed by atoms with Crippen molar-refractivity contribution in [2.75, 3.05) is 14.7 Å². The van der Waals surface area contributed by atoms with Crippen molar-refractivity contribution in [3.63, 3.8) is 0 Å². The zero-order chi connectivity index (χ0) is 53.5. The largest absolute Gasteiger partial charge is 0.334 e. The Labute approximate surface area is 456 Å². The lowest BCUT2D eigenvalue weighted by atomic mass is 9.33. The molecule has 1 saturated carbocycles. The van der Waals surface area contributed by atoms with Gasteiger partial charge < -0.3 is 14.7 Å². The third-order valence-electron chi connectivity index (χ3n) is 18.2. The number of benzene rings is 8. The van der Waals surface area contributed by atoms with Gasteiger partial charge in [-0.05, 0) is 170 Å². The van der Waals surface area contributed by atoms with Gasteiger partial charge in [0.25, 0.3) is 6.71 Å². The molecular weight excluding hydrogens is 918 g/mol. The Morgan fingerprint density at radius 1 is 0.421 bits per heavy atom. The Morgan fingerprint density at radius 3 is 1.59 bits per heavy atom. The molecule has 0 spiro atoms. The quantitative estimate of drug-likeness (QED) is 0.159. The summed E-state index contributed by atoms with van der Waals surface area (Å²) in [6, 6.07) is 66.9. The summed E-state index contributed by atoms with van der Waals surface area (Å²) in [7, 11) is 0. The van der Waals surface area contributed by atoms with Gasteiger partial charge in [-0.15, -0.1) is 0 Å². The number of rotatable bonds is 5. The van der Waals surface area contributed by atoms with Gasteiger partial charge in [-0.1, -0.05) is 205 Å². The molecule has 12 rings (SSSR count). The monoisotopic (exact) mass is 996 g/mol. The van der Waals surface area contributed by atoms with Crippen LogP contribution in [0.1, 0.15) is 155 Å². The van der Waals surface area contributed by atoms with Crippen LogP contribution in [-0.2, 0) is 27.1 Å². The Balaban J connectivity index is 1.11. The van der Waals surface area contributed by atoms with Gasteiger partial charge in [0, 0.05) is 50.8 Å². The molecule has 2 atom stereocenters. The van der Waals surface area contributed by atoms with Gasteiger partial charge in [-0.3, -0.25) is 0 Å². The lowest BCUT2D eigenvalue weighted by Gasteiger charge is -2.52. The fourth-order valence-corrected chi connectivity index (χ4v) is 14.1. The molecule has 0 radical (unpaired) electrons. The highest BCUT2D eigenvalue weighted by Gasteiger charge is 2.61. The second-order valence-corrected chi connectivity index (χ2v) is 27.3. The molecule has 76 heavy (non-hydrogen) atoms. The van der Waals surface area contributed by atoms with Gasteiger partial charge in [0.15, 0.2) is 0 Å². The number of fused-ring (bicyclic) bond motifs is 7. The van der Waals surface area contributed by atoms with Crippen LogP contribution in [0.4, 0.5) is 45.5 Å². The topological polar surface area (TPSA) is 9.72 Å². The molecule has 4 heteroatoms. The molecule has 1 aliphatic carbocycles. The zero-order valence-corrected chi connectivity index (χ0v) is 47.9. The van der Waals surface area contributed by atoms with Crippen molar-refractivity contribution >= 4 is 68.6 Å². The summed E-state index contributed by atoms with van der Waals surface area (Å²) in [5, 5.41) is 0. The number of nitrogens with zero attached hydrogens (tertiary/aromatic N) is 3. The highest BCUT2D eigenvalue weighted by Crippen LogP contribution is 2.64. The Kier molecular flexibility index (Phi) is 11.4. The van der Waals surface area contributed by atoms with Crippen molar-refractivity contribution in [3.8, 4) is 11.1 Å². The van der Waals surface area contributed by atoms with Crippen molar-refractivity contribution in [1.29, 1.82) is 0 Å². The zero-order valence-electron chi connectivity index (χ0n) is 47.9. The maximum Gasteiger partial charge on any atom is 0.252 e. The molecule has 4 aliphatic rings. The molecule has 8 aromatic carbocycles.